The number of fused-ring (bicyclic) bond motifs is 1. The first-order valence-electron chi connectivity index (χ1n) is 18.2. The molecule has 3 aliphatic rings. The molecule has 2 heterocycles. The van der Waals surface area contributed by atoms with E-state index in [9.17, 15) is 9.59 Å². The van der Waals surface area contributed by atoms with Gasteiger partial charge >= 0.3 is 0 Å². The molecular formula is C42H50N4O8. The lowest BCUT2D eigenvalue weighted by Crippen LogP contribution is -2.39. The second-order valence-electron chi connectivity index (χ2n) is 13.3. The van der Waals surface area contributed by atoms with E-state index in [0.717, 1.165) is 69.2 Å². The van der Waals surface area contributed by atoms with Gasteiger partial charge in [0.25, 0.3) is 12.4 Å². The fourth-order valence-corrected chi connectivity index (χ4v) is 7.30. The van der Waals surface area contributed by atoms with Crippen LogP contribution in [0.5, 0.6) is 23.0 Å². The number of carbonyl (C=O) groups is 3. The van der Waals surface area contributed by atoms with Crippen molar-refractivity contribution in [1.29, 1.82) is 0 Å². The first-order chi connectivity index (χ1) is 26.3. The number of benzene rings is 3. The number of amides is 1. The number of carboxylic acid groups (broad SMARTS) is 1. The average molecular weight is 739 g/mol. The standard InChI is InChI=1S/C41H48N4O6.CH2O2/c1-42-33-24-39(38(49-5)23-32(33)41(47)45-18-17-28-13-7-10-16-35(28)45)50-19-11-6-12-20-51-40-25-36(30(27-46)22-37(40)48-4)43(2)26-31-21-29-14-8-9-15-34(29)44(31)3;2-1-3/h8-10,14-16,22-25,27,31H,1,6-7,11-13,17-21,26H2,2-5H3;1H,(H,2,3). The Hall–Kier alpha value is -5.78. The molecule has 2 aliphatic heterocycles. The number of nitrogens with zero attached hydrogens (tertiary/aromatic N) is 4. The zero-order valence-corrected chi connectivity index (χ0v) is 31.6. The molecule has 0 saturated carbocycles. The van der Waals surface area contributed by atoms with Crippen molar-refractivity contribution in [2.24, 2.45) is 4.99 Å². The summed E-state index contributed by atoms with van der Waals surface area (Å²) in [6.07, 6.45) is 11.4. The smallest absolute Gasteiger partial charge is 0.290 e. The maximum Gasteiger partial charge on any atom is 0.290 e. The Morgan fingerprint density at radius 1 is 0.981 bits per heavy atom. The predicted octanol–water partition coefficient (Wildman–Crippen LogP) is 7.12. The summed E-state index contributed by atoms with van der Waals surface area (Å²) in [5.74, 6) is 2.03. The number of para-hydroxylation sites is 1. The second kappa shape index (κ2) is 18.8. The molecule has 12 nitrogen and oxygen atoms in total. The highest BCUT2D eigenvalue weighted by Gasteiger charge is 2.30. The van der Waals surface area contributed by atoms with Crippen molar-refractivity contribution >= 4 is 42.4 Å². The molecule has 0 saturated heterocycles. The Kier molecular flexibility index (Phi) is 13.7. The number of methoxy groups -OCH3 is 2. The van der Waals surface area contributed by atoms with Crippen molar-refractivity contribution < 1.29 is 38.4 Å². The van der Waals surface area contributed by atoms with Crippen LogP contribution in [0.15, 0.2) is 76.9 Å². The van der Waals surface area contributed by atoms with Crippen LogP contribution in [-0.2, 0) is 11.2 Å². The maximum atomic E-state index is 13.6. The summed E-state index contributed by atoms with van der Waals surface area (Å²) >= 11 is 0. The van der Waals surface area contributed by atoms with Gasteiger partial charge in [0.1, 0.15) is 0 Å². The number of anilines is 2. The van der Waals surface area contributed by atoms with Gasteiger partial charge in [0.2, 0.25) is 0 Å². The Balaban J connectivity index is 0.00000181. The summed E-state index contributed by atoms with van der Waals surface area (Å²) in [6, 6.07) is 15.9. The third kappa shape index (κ3) is 8.87. The minimum atomic E-state index is -0.250. The van der Waals surface area contributed by atoms with Crippen LogP contribution < -0.4 is 28.7 Å². The zero-order valence-electron chi connectivity index (χ0n) is 31.6. The van der Waals surface area contributed by atoms with Crippen molar-refractivity contribution in [2.45, 2.75) is 51.0 Å². The second-order valence-corrected chi connectivity index (χ2v) is 13.3. The fraction of sp³-hybridized carbons (Fsp3) is 0.381. The molecule has 1 atom stereocenters. The molecule has 1 amide bonds. The molecule has 0 fully saturated rings. The van der Waals surface area contributed by atoms with Gasteiger partial charge in [-0.15, -0.1) is 0 Å². The molecule has 0 radical (unpaired) electrons. The number of hydrogen-bond donors (Lipinski definition) is 1. The highest BCUT2D eigenvalue weighted by atomic mass is 16.5. The van der Waals surface area contributed by atoms with Crippen molar-refractivity contribution in [3.8, 4) is 23.0 Å². The summed E-state index contributed by atoms with van der Waals surface area (Å²) in [5.41, 5.74) is 7.21. The van der Waals surface area contributed by atoms with Gasteiger partial charge in [-0.05, 0) is 87.1 Å². The lowest BCUT2D eigenvalue weighted by Gasteiger charge is -2.30. The Labute approximate surface area is 317 Å². The van der Waals surface area contributed by atoms with E-state index in [-0.39, 0.29) is 18.4 Å². The molecular weight excluding hydrogens is 688 g/mol. The quantitative estimate of drug-likeness (QED) is 0.0921. The van der Waals surface area contributed by atoms with Gasteiger partial charge < -0.3 is 38.8 Å². The van der Waals surface area contributed by atoms with Crippen LogP contribution >= 0.6 is 0 Å². The minimum Gasteiger partial charge on any atom is -0.493 e. The van der Waals surface area contributed by atoms with Crippen LogP contribution in [0.25, 0.3) is 0 Å². The summed E-state index contributed by atoms with van der Waals surface area (Å²) < 4.78 is 23.5. The van der Waals surface area contributed by atoms with E-state index in [1.165, 1.54) is 16.8 Å². The van der Waals surface area contributed by atoms with Gasteiger partial charge in [0.05, 0.1) is 50.4 Å². The monoisotopic (exact) mass is 738 g/mol. The number of rotatable bonds is 16. The summed E-state index contributed by atoms with van der Waals surface area (Å²) in [4.78, 5) is 44.5. The number of unbranched alkanes of at least 4 members (excludes halogenated alkanes) is 2. The SMILES string of the molecule is C=Nc1cc(OCCCCCOc2cc(N(C)CC3Cc4ccccc4N3C)c(C=O)cc2OC)c(OC)cc1C(=O)N1CCC2=C1C=CCC2.O=CO. The highest BCUT2D eigenvalue weighted by molar-refractivity contribution is 6.01. The molecule has 1 unspecified atom stereocenters. The van der Waals surface area contributed by atoms with E-state index in [2.05, 4.69) is 65.0 Å². The third-order valence-corrected chi connectivity index (χ3v) is 10.1. The van der Waals surface area contributed by atoms with E-state index in [4.69, 9.17) is 28.8 Å². The van der Waals surface area contributed by atoms with Crippen LogP contribution in [0.2, 0.25) is 0 Å². The third-order valence-electron chi connectivity index (χ3n) is 10.1. The molecule has 54 heavy (non-hydrogen) atoms. The van der Waals surface area contributed by atoms with Crippen LogP contribution in [-0.4, -0.2) is 96.0 Å². The first-order valence-corrected chi connectivity index (χ1v) is 18.2. The summed E-state index contributed by atoms with van der Waals surface area (Å²) in [7, 11) is 7.29. The van der Waals surface area contributed by atoms with Gasteiger partial charge in [0.15, 0.2) is 29.3 Å². The number of aldehydes is 1. The van der Waals surface area contributed by atoms with E-state index in [0.29, 0.717) is 59.6 Å². The molecule has 12 heteroatoms. The number of likely N-dealkylation sites (N-methyl/N-ethyl adjacent to an activating group) is 2. The van der Waals surface area contributed by atoms with E-state index in [1.54, 1.807) is 32.4 Å². The Bertz CT molecular complexity index is 1890. The average Bonchev–Trinajstić information content (AvgIpc) is 3.77. The molecule has 3 aromatic carbocycles. The number of aliphatic imine (C=N–C) groups is 1. The van der Waals surface area contributed by atoms with Crippen LogP contribution in [0.4, 0.5) is 17.1 Å². The summed E-state index contributed by atoms with van der Waals surface area (Å²) in [5, 5.41) is 6.89. The Morgan fingerprint density at radius 2 is 1.67 bits per heavy atom. The highest BCUT2D eigenvalue weighted by Crippen LogP contribution is 2.39. The Morgan fingerprint density at radius 3 is 2.33 bits per heavy atom. The van der Waals surface area contributed by atoms with Crippen molar-refractivity contribution in [1.82, 2.24) is 4.90 Å². The molecule has 0 spiro atoms. The van der Waals surface area contributed by atoms with E-state index >= 15 is 0 Å². The number of carbonyl (C=O) groups excluding carboxylic acids is 2. The molecule has 6 rings (SSSR count). The molecule has 1 aliphatic carbocycles. The van der Waals surface area contributed by atoms with E-state index < -0.39 is 0 Å². The van der Waals surface area contributed by atoms with Gasteiger partial charge in [-0.25, -0.2) is 0 Å². The lowest BCUT2D eigenvalue weighted by atomic mass is 10.0. The van der Waals surface area contributed by atoms with Crippen LogP contribution in [0, 0.1) is 0 Å². The zero-order chi connectivity index (χ0) is 38.6. The van der Waals surface area contributed by atoms with Gasteiger partial charge in [-0.2, -0.15) is 0 Å². The minimum absolute atomic E-state index is 0.109. The first kappa shape index (κ1) is 39.4. The largest absolute Gasteiger partial charge is 0.493 e. The van der Waals surface area contributed by atoms with Crippen molar-refractivity contribution in [2.75, 3.05) is 64.4 Å². The number of hydrogen-bond acceptors (Lipinski definition) is 10. The topological polar surface area (TPSA) is 130 Å². The predicted molar refractivity (Wildman–Crippen MR) is 211 cm³/mol. The normalized spacial score (nSPS) is 15.4. The molecule has 0 aromatic heterocycles. The summed E-state index contributed by atoms with van der Waals surface area (Å²) in [6.45, 7) is 5.82. The maximum absolute atomic E-state index is 13.6. The number of ether oxygens (including phenoxy) is 4. The van der Waals surface area contributed by atoms with Gasteiger partial charge in [-0.3, -0.25) is 19.4 Å². The van der Waals surface area contributed by atoms with E-state index in [1.807, 2.05) is 18.0 Å². The lowest BCUT2D eigenvalue weighted by molar-refractivity contribution is -0.122. The molecule has 0 bridgehead atoms. The van der Waals surface area contributed by atoms with Gasteiger partial charge in [0, 0.05) is 56.3 Å². The molecule has 3 aromatic rings. The van der Waals surface area contributed by atoms with Crippen LogP contribution in [0.3, 0.4) is 0 Å². The van der Waals surface area contributed by atoms with Crippen molar-refractivity contribution in [3.63, 3.8) is 0 Å². The van der Waals surface area contributed by atoms with Crippen LogP contribution in [0.1, 0.15) is 64.8 Å². The number of allylic oxidation sites excluding steroid dienone is 2. The molecule has 286 valence electrons. The molecule has 1 N–H and O–H groups in total. The van der Waals surface area contributed by atoms with Crippen molar-refractivity contribution in [3.05, 3.63) is 88.6 Å². The fourth-order valence-electron chi connectivity index (χ4n) is 7.30. The van der Waals surface area contributed by atoms with Gasteiger partial charge in [-0.1, -0.05) is 24.3 Å².